The lowest BCUT2D eigenvalue weighted by atomic mass is 10.2. The van der Waals surface area contributed by atoms with Crippen LogP contribution < -0.4 is 0 Å². The molecule has 0 N–H and O–H groups in total. The van der Waals surface area contributed by atoms with Gasteiger partial charge < -0.3 is 0 Å². The molecule has 0 aromatic carbocycles. The molecule has 0 fully saturated rings. The minimum absolute atomic E-state index is 0.0551. The van der Waals surface area contributed by atoms with Crippen molar-refractivity contribution in [1.82, 2.24) is 0 Å². The molecule has 0 unspecified atom stereocenters. The van der Waals surface area contributed by atoms with Gasteiger partial charge in [0.2, 0.25) is 0 Å². The Labute approximate surface area is 81.3 Å². The Bertz CT molecular complexity index is 282. The summed E-state index contributed by atoms with van der Waals surface area (Å²) in [4.78, 5) is 0.511. The van der Waals surface area contributed by atoms with Crippen molar-refractivity contribution in [2.24, 2.45) is 11.8 Å². The lowest BCUT2D eigenvalue weighted by Crippen LogP contribution is -2.13. The maximum Gasteiger partial charge on any atom is 0.198 e. The summed E-state index contributed by atoms with van der Waals surface area (Å²) in [7, 11) is -3.33. The second-order valence-corrected chi connectivity index (χ2v) is 5.80. The number of hydrogen-bond acceptors (Lipinski definition) is 2. The highest BCUT2D eigenvalue weighted by molar-refractivity contribution is 7.98. The largest absolute Gasteiger partial charge is 0.219 e. The molecule has 13 heavy (non-hydrogen) atoms. The SMILES string of the molecule is C=C(C(C)C)S(=O)(=O)C(=C)C(C)C. The van der Waals surface area contributed by atoms with Crippen molar-refractivity contribution in [2.75, 3.05) is 0 Å². The van der Waals surface area contributed by atoms with E-state index in [1.165, 1.54) is 0 Å². The average Bonchev–Trinajstić information content (AvgIpc) is 2.01. The molecule has 0 saturated heterocycles. The summed E-state index contributed by atoms with van der Waals surface area (Å²) in [5.41, 5.74) is 0. The standard InChI is InChI=1S/C10H18O2S/c1-7(2)9(5)13(11,12)10(6)8(3)4/h7-8H,5-6H2,1-4H3. The second kappa shape index (κ2) is 4.09. The molecule has 0 radical (unpaired) electrons. The summed E-state index contributed by atoms with van der Waals surface area (Å²) in [6.07, 6.45) is 0. The highest BCUT2D eigenvalue weighted by atomic mass is 32.2. The van der Waals surface area contributed by atoms with Crippen LogP contribution in [0.5, 0.6) is 0 Å². The van der Waals surface area contributed by atoms with Crippen molar-refractivity contribution in [3.8, 4) is 0 Å². The predicted octanol–water partition coefficient (Wildman–Crippen LogP) is 2.74. The molecule has 0 bridgehead atoms. The van der Waals surface area contributed by atoms with E-state index in [-0.39, 0.29) is 21.6 Å². The minimum Gasteiger partial charge on any atom is -0.219 e. The Balaban J connectivity index is 5.01. The molecule has 0 atom stereocenters. The molecule has 0 spiro atoms. The normalized spacial score (nSPS) is 12.2. The van der Waals surface area contributed by atoms with Gasteiger partial charge in [0.1, 0.15) is 0 Å². The summed E-state index contributed by atoms with van der Waals surface area (Å²) in [6.45, 7) is 14.4. The van der Waals surface area contributed by atoms with E-state index in [1.54, 1.807) is 0 Å². The van der Waals surface area contributed by atoms with E-state index in [1.807, 2.05) is 27.7 Å². The van der Waals surface area contributed by atoms with E-state index in [2.05, 4.69) is 13.2 Å². The smallest absolute Gasteiger partial charge is 0.198 e. The van der Waals surface area contributed by atoms with Gasteiger partial charge in [0, 0.05) is 9.81 Å². The molecule has 0 aromatic heterocycles. The van der Waals surface area contributed by atoms with Crippen LogP contribution >= 0.6 is 0 Å². The Morgan fingerprint density at radius 1 is 0.923 bits per heavy atom. The van der Waals surface area contributed by atoms with E-state index < -0.39 is 9.84 Å². The molecular weight excluding hydrogens is 184 g/mol. The first-order chi connectivity index (χ1) is 5.71. The third-order valence-corrected chi connectivity index (χ3v) is 4.30. The summed E-state index contributed by atoms with van der Waals surface area (Å²) < 4.78 is 23.4. The van der Waals surface area contributed by atoms with Gasteiger partial charge in [0.05, 0.1) is 0 Å². The molecule has 0 heterocycles. The average molecular weight is 202 g/mol. The Kier molecular flexibility index (Phi) is 3.91. The predicted molar refractivity (Wildman–Crippen MR) is 56.9 cm³/mol. The molecule has 0 saturated carbocycles. The van der Waals surface area contributed by atoms with E-state index >= 15 is 0 Å². The highest BCUT2D eigenvalue weighted by Crippen LogP contribution is 2.25. The van der Waals surface area contributed by atoms with Gasteiger partial charge in [0.25, 0.3) is 0 Å². The first kappa shape index (κ1) is 12.4. The lowest BCUT2D eigenvalue weighted by molar-refractivity contribution is 0.595. The van der Waals surface area contributed by atoms with Crippen LogP contribution in [0, 0.1) is 11.8 Å². The quantitative estimate of drug-likeness (QED) is 0.702. The molecule has 2 nitrogen and oxygen atoms in total. The highest BCUT2D eigenvalue weighted by Gasteiger charge is 2.23. The van der Waals surface area contributed by atoms with Crippen LogP contribution in [0.25, 0.3) is 0 Å². The maximum absolute atomic E-state index is 11.7. The lowest BCUT2D eigenvalue weighted by Gasteiger charge is -2.14. The van der Waals surface area contributed by atoms with Crippen LogP contribution in [0.1, 0.15) is 27.7 Å². The van der Waals surface area contributed by atoms with E-state index in [0.717, 1.165) is 0 Å². The van der Waals surface area contributed by atoms with Crippen LogP contribution in [0.15, 0.2) is 23.0 Å². The molecule has 3 heteroatoms. The number of allylic oxidation sites excluding steroid dienone is 2. The number of hydrogen-bond donors (Lipinski definition) is 0. The molecule has 0 aliphatic heterocycles. The third kappa shape index (κ3) is 2.69. The zero-order valence-corrected chi connectivity index (χ0v) is 9.61. The molecule has 0 aliphatic rings. The minimum atomic E-state index is -3.33. The van der Waals surface area contributed by atoms with Crippen molar-refractivity contribution in [3.05, 3.63) is 23.0 Å². The van der Waals surface area contributed by atoms with Gasteiger partial charge in [-0.05, 0) is 11.8 Å². The number of sulfone groups is 1. The summed E-state index contributed by atoms with van der Waals surface area (Å²) in [6, 6.07) is 0. The zero-order chi connectivity index (χ0) is 10.8. The first-order valence-corrected chi connectivity index (χ1v) is 5.82. The molecule has 0 rings (SSSR count). The monoisotopic (exact) mass is 202 g/mol. The van der Waals surface area contributed by atoms with Crippen molar-refractivity contribution in [2.45, 2.75) is 27.7 Å². The molecule has 76 valence electrons. The summed E-state index contributed by atoms with van der Waals surface area (Å²) in [5, 5.41) is 0. The van der Waals surface area contributed by atoms with Gasteiger partial charge in [-0.1, -0.05) is 40.9 Å². The van der Waals surface area contributed by atoms with Crippen molar-refractivity contribution >= 4 is 9.84 Å². The second-order valence-electron chi connectivity index (χ2n) is 3.75. The van der Waals surface area contributed by atoms with Gasteiger partial charge in [-0.2, -0.15) is 0 Å². The van der Waals surface area contributed by atoms with Gasteiger partial charge in [-0.25, -0.2) is 8.42 Å². The van der Waals surface area contributed by atoms with Crippen molar-refractivity contribution in [1.29, 1.82) is 0 Å². The van der Waals surface area contributed by atoms with Crippen LogP contribution in [-0.4, -0.2) is 8.42 Å². The van der Waals surface area contributed by atoms with Crippen molar-refractivity contribution < 1.29 is 8.42 Å². The first-order valence-electron chi connectivity index (χ1n) is 4.34. The topological polar surface area (TPSA) is 34.1 Å². The van der Waals surface area contributed by atoms with Crippen molar-refractivity contribution in [3.63, 3.8) is 0 Å². The van der Waals surface area contributed by atoms with Gasteiger partial charge in [-0.3, -0.25) is 0 Å². The van der Waals surface area contributed by atoms with Crippen LogP contribution in [0.2, 0.25) is 0 Å². The van der Waals surface area contributed by atoms with Gasteiger partial charge >= 0.3 is 0 Å². The Hall–Kier alpha value is -0.570. The molecule has 0 aromatic rings. The van der Waals surface area contributed by atoms with Crippen LogP contribution in [0.4, 0.5) is 0 Å². The van der Waals surface area contributed by atoms with Crippen LogP contribution in [0.3, 0.4) is 0 Å². The fraction of sp³-hybridized carbons (Fsp3) is 0.600. The number of rotatable bonds is 4. The van der Waals surface area contributed by atoms with Gasteiger partial charge in [-0.15, -0.1) is 0 Å². The van der Waals surface area contributed by atoms with E-state index in [9.17, 15) is 8.42 Å². The molecule has 0 amide bonds. The molecular formula is C10H18O2S. The van der Waals surface area contributed by atoms with Gasteiger partial charge in [0.15, 0.2) is 9.84 Å². The zero-order valence-electron chi connectivity index (χ0n) is 8.79. The van der Waals surface area contributed by atoms with E-state index in [4.69, 9.17) is 0 Å². The summed E-state index contributed by atoms with van der Waals surface area (Å²) >= 11 is 0. The fourth-order valence-corrected chi connectivity index (χ4v) is 2.37. The third-order valence-electron chi connectivity index (χ3n) is 1.98. The Morgan fingerprint density at radius 2 is 1.15 bits per heavy atom. The molecule has 0 aliphatic carbocycles. The van der Waals surface area contributed by atoms with Crippen LogP contribution in [-0.2, 0) is 9.84 Å². The Morgan fingerprint density at radius 3 is 1.31 bits per heavy atom. The maximum atomic E-state index is 11.7. The fourth-order valence-electron chi connectivity index (χ4n) is 0.789. The van der Waals surface area contributed by atoms with E-state index in [0.29, 0.717) is 0 Å². The summed E-state index contributed by atoms with van der Waals surface area (Å²) in [5.74, 6) is -0.110.